The lowest BCUT2D eigenvalue weighted by Gasteiger charge is -2.15. The highest BCUT2D eigenvalue weighted by Crippen LogP contribution is 2.41. The van der Waals surface area contributed by atoms with Crippen LogP contribution in [0, 0.1) is 6.42 Å². The van der Waals surface area contributed by atoms with Gasteiger partial charge >= 0.3 is 0 Å². The maximum Gasteiger partial charge on any atom is 0.0655 e. The molecule has 0 N–H and O–H groups in total. The van der Waals surface area contributed by atoms with Crippen molar-refractivity contribution in [3.63, 3.8) is 0 Å². The Bertz CT molecular complexity index is 636. The van der Waals surface area contributed by atoms with Crippen molar-refractivity contribution < 1.29 is 0 Å². The molecule has 0 atom stereocenters. The minimum Gasteiger partial charge on any atom is -0.0682 e. The Morgan fingerprint density at radius 2 is 1.58 bits per heavy atom. The summed E-state index contributed by atoms with van der Waals surface area (Å²) in [5.41, 5.74) is 7.08. The second kappa shape index (κ2) is 4.82. The van der Waals surface area contributed by atoms with Crippen LogP contribution in [0.4, 0.5) is 0 Å². The van der Waals surface area contributed by atoms with E-state index in [1.807, 2.05) is 0 Å². The van der Waals surface area contributed by atoms with Gasteiger partial charge in [-0.1, -0.05) is 72.4 Å². The Labute approximate surface area is 117 Å². The van der Waals surface area contributed by atoms with Crippen molar-refractivity contribution in [2.24, 2.45) is 0 Å². The van der Waals surface area contributed by atoms with E-state index in [1.54, 1.807) is 5.20 Å². The Balaban J connectivity index is 2.23. The first kappa shape index (κ1) is 12.4. The zero-order valence-electron chi connectivity index (χ0n) is 11.8. The molecule has 0 heterocycles. The van der Waals surface area contributed by atoms with Crippen LogP contribution in [0.3, 0.4) is 0 Å². The summed E-state index contributed by atoms with van der Waals surface area (Å²) in [6, 6.07) is 17.4. The van der Waals surface area contributed by atoms with Gasteiger partial charge in [-0.05, 0) is 29.2 Å². The molecule has 95 valence electrons. The predicted octanol–water partition coefficient (Wildman–Crippen LogP) is 4.72. The first-order valence-corrected chi connectivity index (χ1v) is 9.81. The molecule has 1 heteroatoms. The Kier molecular flexibility index (Phi) is 3.15. The van der Waals surface area contributed by atoms with Crippen molar-refractivity contribution in [1.82, 2.24) is 0 Å². The number of hydrogen-bond acceptors (Lipinski definition) is 0. The van der Waals surface area contributed by atoms with Gasteiger partial charge < -0.3 is 0 Å². The van der Waals surface area contributed by atoms with E-state index in [-0.39, 0.29) is 0 Å². The maximum atomic E-state index is 2.42. The van der Waals surface area contributed by atoms with Crippen LogP contribution in [0.5, 0.6) is 0 Å². The second-order valence-electron chi connectivity index (χ2n) is 5.53. The van der Waals surface area contributed by atoms with E-state index in [0.29, 0.717) is 0 Å². The molecule has 0 spiro atoms. The fourth-order valence-corrected chi connectivity index (χ4v) is 5.00. The smallest absolute Gasteiger partial charge is 0.0655 e. The summed E-state index contributed by atoms with van der Waals surface area (Å²) in [6.07, 6.45) is 2.35. The van der Waals surface area contributed by atoms with Crippen LogP contribution in [0.15, 0.2) is 54.1 Å². The normalized spacial score (nSPS) is 14.1. The lowest BCUT2D eigenvalue weighted by atomic mass is 9.97. The summed E-state index contributed by atoms with van der Waals surface area (Å²) in [4.78, 5) is 0. The zero-order chi connectivity index (χ0) is 13.4. The van der Waals surface area contributed by atoms with E-state index in [4.69, 9.17) is 0 Å². The first-order chi connectivity index (χ1) is 9.18. The molecule has 2 aromatic rings. The van der Waals surface area contributed by atoms with Crippen molar-refractivity contribution in [3.05, 3.63) is 71.7 Å². The molecule has 3 rings (SSSR count). The van der Waals surface area contributed by atoms with Crippen LogP contribution < -0.4 is 0 Å². The number of fused-ring (bicyclic) bond motifs is 1. The van der Waals surface area contributed by atoms with Gasteiger partial charge in [-0.2, -0.15) is 0 Å². The van der Waals surface area contributed by atoms with E-state index in [2.05, 4.69) is 75.0 Å². The van der Waals surface area contributed by atoms with Gasteiger partial charge in [0.15, 0.2) is 0 Å². The molecule has 1 aliphatic carbocycles. The molecule has 0 nitrogen and oxygen atoms in total. The summed E-state index contributed by atoms with van der Waals surface area (Å²) in [5.74, 6) is 0. The average Bonchev–Trinajstić information content (AvgIpc) is 2.75. The van der Waals surface area contributed by atoms with Gasteiger partial charge in [0.2, 0.25) is 0 Å². The predicted molar refractivity (Wildman–Crippen MR) is 86.8 cm³/mol. The largest absolute Gasteiger partial charge is 0.0682 e. The van der Waals surface area contributed by atoms with Gasteiger partial charge in [0.1, 0.15) is 0 Å². The zero-order valence-corrected chi connectivity index (χ0v) is 12.9. The molecular weight excluding hydrogens is 244 g/mol. The monoisotopic (exact) mass is 263 g/mol. The third kappa shape index (κ3) is 2.08. The molecule has 0 aliphatic heterocycles. The highest BCUT2D eigenvalue weighted by molar-refractivity contribution is 6.77. The Morgan fingerprint density at radius 1 is 0.842 bits per heavy atom. The number of benzene rings is 2. The number of rotatable bonds is 2. The molecule has 1 aliphatic rings. The number of hydrogen-bond donors (Lipinski definition) is 0. The first-order valence-electron chi connectivity index (χ1n) is 6.93. The second-order valence-corrected chi connectivity index (χ2v) is 8.42. The summed E-state index contributed by atoms with van der Waals surface area (Å²) in [6.45, 7) is 7.10. The van der Waals surface area contributed by atoms with Crippen LogP contribution in [0.2, 0.25) is 13.1 Å². The third-order valence-corrected chi connectivity index (χ3v) is 5.72. The molecule has 0 bridgehead atoms. The topological polar surface area (TPSA) is 0 Å². The van der Waals surface area contributed by atoms with Crippen LogP contribution in [0.25, 0.3) is 16.3 Å². The summed E-state index contributed by atoms with van der Waals surface area (Å²) in [5, 5.41) is 1.63. The molecule has 0 fully saturated rings. The van der Waals surface area contributed by atoms with E-state index in [1.165, 1.54) is 27.8 Å². The van der Waals surface area contributed by atoms with Gasteiger partial charge in [0.25, 0.3) is 0 Å². The van der Waals surface area contributed by atoms with Crippen molar-refractivity contribution in [1.29, 1.82) is 0 Å². The molecule has 0 saturated carbocycles. The van der Waals surface area contributed by atoms with E-state index in [9.17, 15) is 0 Å². The van der Waals surface area contributed by atoms with Gasteiger partial charge in [0, 0.05) is 6.42 Å². The summed E-state index contributed by atoms with van der Waals surface area (Å²) >= 11 is 0. The van der Waals surface area contributed by atoms with Gasteiger partial charge in [0.05, 0.1) is 8.80 Å². The van der Waals surface area contributed by atoms with E-state index >= 15 is 0 Å². The number of allylic oxidation sites excluding steroid dienone is 1. The minimum absolute atomic E-state index is 0.821. The summed E-state index contributed by atoms with van der Waals surface area (Å²) in [7, 11) is -0.821. The fourth-order valence-electron chi connectivity index (χ4n) is 3.10. The SMILES string of the molecule is CC1=C([SiH](C)C)c2c(cccc2-c2ccccc2)[CH]1. The van der Waals surface area contributed by atoms with E-state index < -0.39 is 8.80 Å². The molecule has 1 radical (unpaired) electrons. The molecule has 0 aromatic heterocycles. The van der Waals surface area contributed by atoms with Crippen LogP contribution in [0.1, 0.15) is 18.1 Å². The third-order valence-electron chi connectivity index (χ3n) is 3.83. The molecule has 0 saturated heterocycles. The summed E-state index contributed by atoms with van der Waals surface area (Å²) < 4.78 is 0. The van der Waals surface area contributed by atoms with Crippen LogP contribution >= 0.6 is 0 Å². The van der Waals surface area contributed by atoms with Gasteiger partial charge in [-0.3, -0.25) is 0 Å². The molecule has 0 amide bonds. The van der Waals surface area contributed by atoms with Crippen molar-refractivity contribution in [2.75, 3.05) is 0 Å². The molecule has 2 aromatic carbocycles. The van der Waals surface area contributed by atoms with Gasteiger partial charge in [-0.25, -0.2) is 0 Å². The van der Waals surface area contributed by atoms with Crippen molar-refractivity contribution >= 4 is 14.0 Å². The fraction of sp³-hybridized carbons (Fsp3) is 0.167. The highest BCUT2D eigenvalue weighted by atomic mass is 28.3. The maximum absolute atomic E-state index is 2.42. The quantitative estimate of drug-likeness (QED) is 0.688. The van der Waals surface area contributed by atoms with Crippen molar-refractivity contribution in [3.8, 4) is 11.1 Å². The lowest BCUT2D eigenvalue weighted by molar-refractivity contribution is 1.44. The molecule has 0 unspecified atom stereocenters. The average molecular weight is 263 g/mol. The highest BCUT2D eigenvalue weighted by Gasteiger charge is 2.24. The van der Waals surface area contributed by atoms with Crippen LogP contribution in [-0.4, -0.2) is 8.80 Å². The minimum atomic E-state index is -0.821. The van der Waals surface area contributed by atoms with Crippen LogP contribution in [-0.2, 0) is 0 Å². The Hall–Kier alpha value is -1.60. The van der Waals surface area contributed by atoms with Gasteiger partial charge in [-0.15, -0.1) is 0 Å². The lowest BCUT2D eigenvalue weighted by Crippen LogP contribution is -2.05. The molecular formula is C18H19Si. The van der Waals surface area contributed by atoms with E-state index in [0.717, 1.165) is 0 Å². The standard InChI is InChI=1S/C18H19Si/c1-13-12-15-10-7-11-16(14-8-5-4-6-9-14)17(15)18(13)19(2)3/h4-12,19H,1-3H3. The molecule has 19 heavy (non-hydrogen) atoms. The van der Waals surface area contributed by atoms with Crippen molar-refractivity contribution in [2.45, 2.75) is 20.0 Å². The Morgan fingerprint density at radius 3 is 2.26 bits per heavy atom.